The third kappa shape index (κ3) is 5.30. The third-order valence-corrected chi connectivity index (χ3v) is 3.25. The highest BCUT2D eigenvalue weighted by Crippen LogP contribution is 2.16. The molecule has 0 aromatic carbocycles. The Morgan fingerprint density at radius 2 is 0.583 bits per heavy atom. The van der Waals surface area contributed by atoms with Gasteiger partial charge in [-0.3, -0.25) is 0 Å². The predicted octanol–water partition coefficient (Wildman–Crippen LogP) is -6.60. The van der Waals surface area contributed by atoms with Gasteiger partial charge in [0.05, 0.1) is 0 Å². The molecule has 0 amide bonds. The lowest BCUT2D eigenvalue weighted by atomic mass is 9.91. The first-order chi connectivity index (χ1) is 10.8. The second kappa shape index (κ2) is 9.16. The Morgan fingerprint density at radius 3 is 0.750 bits per heavy atom. The van der Waals surface area contributed by atoms with Crippen LogP contribution < -0.4 is 0 Å². The Labute approximate surface area is 133 Å². The van der Waals surface area contributed by atoms with Gasteiger partial charge in [0.2, 0.25) is 0 Å². The van der Waals surface area contributed by atoms with Crippen molar-refractivity contribution in [1.29, 1.82) is 0 Å². The molecule has 0 spiro atoms. The van der Waals surface area contributed by atoms with E-state index in [9.17, 15) is 45.3 Å². The molecule has 0 aromatic rings. The minimum absolute atomic E-state index is 1.97. The van der Waals surface area contributed by atoms with E-state index in [1.165, 1.54) is 0 Å². The van der Waals surface area contributed by atoms with Crippen LogP contribution in [0.25, 0.3) is 0 Å². The average molecular weight is 360 g/mol. The minimum Gasteiger partial charge on any atom is -0.479 e. The van der Waals surface area contributed by atoms with Crippen molar-refractivity contribution in [2.24, 2.45) is 0 Å². The van der Waals surface area contributed by atoms with Crippen molar-refractivity contribution in [1.82, 2.24) is 0 Å². The lowest BCUT2D eigenvalue weighted by molar-refractivity contribution is -0.192. The largest absolute Gasteiger partial charge is 0.479 e. The fourth-order valence-corrected chi connectivity index (χ4v) is 1.68. The van der Waals surface area contributed by atoms with Gasteiger partial charge in [-0.05, 0) is 0 Å². The quantitative estimate of drug-likeness (QED) is 0.173. The van der Waals surface area contributed by atoms with Gasteiger partial charge < -0.3 is 56.2 Å². The topological polar surface area (TPSA) is 257 Å². The molecule has 11 N–H and O–H groups in total. The molecule has 24 heavy (non-hydrogen) atoms. The fourth-order valence-electron chi connectivity index (χ4n) is 1.68. The van der Waals surface area contributed by atoms with E-state index in [1.807, 2.05) is 0 Å². The summed E-state index contributed by atoms with van der Waals surface area (Å²) in [6, 6.07) is 0. The van der Waals surface area contributed by atoms with Crippen molar-refractivity contribution in [3.05, 3.63) is 0 Å². The summed E-state index contributed by atoms with van der Waals surface area (Å²) in [5.74, 6) is -3.94. The minimum atomic E-state index is -2.55. The van der Waals surface area contributed by atoms with Crippen LogP contribution >= 0.6 is 0 Å². The zero-order chi connectivity index (χ0) is 19.4. The molecule has 0 aliphatic heterocycles. The zero-order valence-electron chi connectivity index (χ0n) is 11.9. The van der Waals surface area contributed by atoms with E-state index in [0.717, 1.165) is 0 Å². The first-order valence-electron chi connectivity index (χ1n) is 6.42. The fraction of sp³-hybridized carbons (Fsp3) is 0.818. The van der Waals surface area contributed by atoms with Crippen molar-refractivity contribution in [2.75, 3.05) is 0 Å². The molecule has 0 bridgehead atoms. The van der Waals surface area contributed by atoms with E-state index in [1.54, 1.807) is 0 Å². The van der Waals surface area contributed by atoms with Gasteiger partial charge in [0.15, 0.2) is 12.2 Å². The monoisotopic (exact) mass is 360 g/mol. The van der Waals surface area contributed by atoms with Crippen molar-refractivity contribution < 1.29 is 65.8 Å². The number of carbonyl (C=O) groups is 2. The highest BCUT2D eigenvalue weighted by molar-refractivity contribution is 5.73. The summed E-state index contributed by atoms with van der Waals surface area (Å²) in [6.45, 7) is 0. The molecule has 142 valence electrons. The molecule has 13 heteroatoms. The van der Waals surface area contributed by atoms with Crippen LogP contribution in [-0.2, 0) is 9.59 Å². The van der Waals surface area contributed by atoms with E-state index < -0.39 is 66.9 Å². The van der Waals surface area contributed by atoms with Gasteiger partial charge in [-0.15, -0.1) is 0 Å². The maximum Gasteiger partial charge on any atom is 0.335 e. The Balaban J connectivity index is 5.01. The summed E-state index contributed by atoms with van der Waals surface area (Å²) in [4.78, 5) is 20.9. The van der Waals surface area contributed by atoms with Gasteiger partial charge in [-0.1, -0.05) is 0 Å². The Kier molecular flexibility index (Phi) is 8.62. The number of aliphatic carboxylic acids is 2. The van der Waals surface area contributed by atoms with E-state index in [-0.39, 0.29) is 0 Å². The highest BCUT2D eigenvalue weighted by Gasteiger charge is 2.43. The summed E-state index contributed by atoms with van der Waals surface area (Å²) < 4.78 is 0. The van der Waals surface area contributed by atoms with Gasteiger partial charge in [-0.25, -0.2) is 9.59 Å². The van der Waals surface area contributed by atoms with Crippen LogP contribution in [0.5, 0.6) is 0 Å². The SMILES string of the molecule is O=C(O)C(O)C(O)C(O)C(O)C(O)C(O)C(O)C(O)C(O)C(=O)O. The molecule has 8 unspecified atom stereocenters. The molecule has 0 rings (SSSR count). The van der Waals surface area contributed by atoms with E-state index in [4.69, 9.17) is 20.4 Å². The van der Waals surface area contributed by atoms with Crippen molar-refractivity contribution in [3.8, 4) is 0 Å². The van der Waals surface area contributed by atoms with Gasteiger partial charge in [0.1, 0.15) is 42.7 Å². The van der Waals surface area contributed by atoms with Gasteiger partial charge in [0, 0.05) is 0 Å². The summed E-state index contributed by atoms with van der Waals surface area (Å²) in [7, 11) is 0. The predicted molar refractivity (Wildman–Crippen MR) is 69.3 cm³/mol. The smallest absolute Gasteiger partial charge is 0.335 e. The molecule has 0 radical (unpaired) electrons. The number of aliphatic hydroxyl groups excluding tert-OH is 9. The van der Waals surface area contributed by atoms with Crippen LogP contribution in [0, 0.1) is 0 Å². The molecule has 0 aliphatic rings. The van der Waals surface area contributed by atoms with Gasteiger partial charge in [-0.2, -0.15) is 0 Å². The number of carboxylic acids is 2. The standard InChI is InChI=1S/C11H20O13/c12-1(2(13)4(15)6(17)8(19)10(21)22)3(14)5(16)7(18)9(20)11(23)24/h1-9,12-20H,(H,21,22)(H,23,24). The molecule has 0 heterocycles. The van der Waals surface area contributed by atoms with Crippen LogP contribution in [0.2, 0.25) is 0 Å². The number of hydrogen-bond acceptors (Lipinski definition) is 11. The van der Waals surface area contributed by atoms with Crippen LogP contribution in [-0.4, -0.2) is 123 Å². The number of hydrogen-bond donors (Lipinski definition) is 11. The normalized spacial score (nSPS) is 23.2. The summed E-state index contributed by atoms with van der Waals surface area (Å²) in [6.07, 6.45) is -22.7. The van der Waals surface area contributed by atoms with Crippen molar-refractivity contribution in [3.63, 3.8) is 0 Å². The maximum atomic E-state index is 10.4. The van der Waals surface area contributed by atoms with E-state index in [2.05, 4.69) is 0 Å². The second-order valence-corrected chi connectivity index (χ2v) is 5.00. The Morgan fingerprint density at radius 1 is 0.417 bits per heavy atom. The van der Waals surface area contributed by atoms with E-state index in [0.29, 0.717) is 0 Å². The molecule has 0 fully saturated rings. The highest BCUT2D eigenvalue weighted by atomic mass is 16.4. The Bertz CT molecular complexity index is 390. The zero-order valence-corrected chi connectivity index (χ0v) is 11.9. The Hall–Kier alpha value is -1.42. The van der Waals surface area contributed by atoms with Crippen LogP contribution in [0.4, 0.5) is 0 Å². The van der Waals surface area contributed by atoms with Gasteiger partial charge >= 0.3 is 11.9 Å². The number of rotatable bonds is 10. The molecular weight excluding hydrogens is 340 g/mol. The molecule has 0 aliphatic carbocycles. The molecule has 8 atom stereocenters. The van der Waals surface area contributed by atoms with E-state index >= 15 is 0 Å². The molecule has 0 saturated carbocycles. The summed E-state index contributed by atoms with van der Waals surface area (Å²) in [5, 5.41) is 101. The van der Waals surface area contributed by atoms with Crippen LogP contribution in [0.1, 0.15) is 0 Å². The third-order valence-electron chi connectivity index (χ3n) is 3.25. The lowest BCUT2D eigenvalue weighted by Gasteiger charge is -2.33. The molecule has 0 aromatic heterocycles. The van der Waals surface area contributed by atoms with Crippen molar-refractivity contribution in [2.45, 2.75) is 54.9 Å². The first kappa shape index (κ1) is 22.6. The summed E-state index contributed by atoms with van der Waals surface area (Å²) >= 11 is 0. The van der Waals surface area contributed by atoms with Crippen LogP contribution in [0.3, 0.4) is 0 Å². The second-order valence-electron chi connectivity index (χ2n) is 5.00. The number of carboxylic acid groups (broad SMARTS) is 2. The molecule has 0 saturated heterocycles. The summed E-state index contributed by atoms with van der Waals surface area (Å²) in [5.41, 5.74) is 0. The lowest BCUT2D eigenvalue weighted by Crippen LogP contribution is -2.58. The first-order valence-corrected chi connectivity index (χ1v) is 6.42. The van der Waals surface area contributed by atoms with Crippen molar-refractivity contribution >= 4 is 11.9 Å². The maximum absolute atomic E-state index is 10.4. The number of aliphatic hydroxyl groups is 9. The van der Waals surface area contributed by atoms with Gasteiger partial charge in [0.25, 0.3) is 0 Å². The molecular formula is C11H20O13. The van der Waals surface area contributed by atoms with Crippen LogP contribution in [0.15, 0.2) is 0 Å². The average Bonchev–Trinajstić information content (AvgIpc) is 2.55. The molecule has 13 nitrogen and oxygen atoms in total.